The first-order chi connectivity index (χ1) is 11.0. The molecule has 1 saturated heterocycles. The van der Waals surface area contributed by atoms with E-state index in [0.29, 0.717) is 35.8 Å². The predicted octanol–water partition coefficient (Wildman–Crippen LogP) is 2.26. The number of imide groups is 1. The first kappa shape index (κ1) is 16.9. The van der Waals surface area contributed by atoms with Gasteiger partial charge in [-0.3, -0.25) is 14.5 Å². The third-order valence-corrected chi connectivity index (χ3v) is 3.84. The molecule has 0 spiro atoms. The van der Waals surface area contributed by atoms with Crippen LogP contribution < -0.4 is 14.2 Å². The Morgan fingerprint density at radius 2 is 1.70 bits per heavy atom. The van der Waals surface area contributed by atoms with Crippen LogP contribution in [-0.2, 0) is 9.59 Å². The number of methoxy groups -OCH3 is 3. The Kier molecular flexibility index (Phi) is 5.26. The Balaban J connectivity index is 2.35. The second-order valence-electron chi connectivity index (χ2n) is 5.20. The van der Waals surface area contributed by atoms with Gasteiger partial charge in [0.2, 0.25) is 11.7 Å². The van der Waals surface area contributed by atoms with E-state index in [0.717, 1.165) is 12.8 Å². The van der Waals surface area contributed by atoms with Crippen LogP contribution in [0.15, 0.2) is 18.7 Å². The number of nitrogens with zero attached hydrogens (tertiary/aromatic N) is 1. The zero-order chi connectivity index (χ0) is 17.0. The summed E-state index contributed by atoms with van der Waals surface area (Å²) in [5.74, 6) is 0.758. The van der Waals surface area contributed by atoms with Crippen LogP contribution >= 0.6 is 0 Å². The van der Waals surface area contributed by atoms with E-state index in [4.69, 9.17) is 14.2 Å². The molecule has 1 aromatic carbocycles. The summed E-state index contributed by atoms with van der Waals surface area (Å²) in [7, 11) is 4.51. The zero-order valence-electron chi connectivity index (χ0n) is 13.7. The highest BCUT2D eigenvalue weighted by Crippen LogP contribution is 2.40. The average molecular weight is 319 g/mol. The van der Waals surface area contributed by atoms with Gasteiger partial charge in [-0.2, -0.15) is 0 Å². The minimum atomic E-state index is -0.385. The number of hydrogen-bond donors (Lipinski definition) is 0. The normalized spacial score (nSPS) is 14.4. The fourth-order valence-electron chi connectivity index (χ4n) is 2.56. The molecule has 2 rings (SSSR count). The number of carbonyl (C=O) groups is 2. The van der Waals surface area contributed by atoms with Gasteiger partial charge in [-0.05, 0) is 30.5 Å². The van der Waals surface area contributed by atoms with Gasteiger partial charge in [0.25, 0.3) is 5.91 Å². The van der Waals surface area contributed by atoms with Gasteiger partial charge >= 0.3 is 0 Å². The van der Waals surface area contributed by atoms with Crippen molar-refractivity contribution in [2.24, 2.45) is 0 Å². The molecule has 1 aliphatic rings. The fourth-order valence-corrected chi connectivity index (χ4v) is 2.56. The molecule has 6 nitrogen and oxygen atoms in total. The van der Waals surface area contributed by atoms with Crippen LogP contribution in [0.2, 0.25) is 0 Å². The first-order valence-electron chi connectivity index (χ1n) is 7.37. The maximum absolute atomic E-state index is 12.6. The van der Waals surface area contributed by atoms with Crippen LogP contribution in [0.25, 0.3) is 5.57 Å². The van der Waals surface area contributed by atoms with E-state index in [-0.39, 0.29) is 17.4 Å². The summed E-state index contributed by atoms with van der Waals surface area (Å²) >= 11 is 0. The fraction of sp³-hybridized carbons (Fsp3) is 0.412. The molecule has 2 amide bonds. The predicted molar refractivity (Wildman–Crippen MR) is 85.7 cm³/mol. The van der Waals surface area contributed by atoms with E-state index in [1.54, 1.807) is 12.1 Å². The highest BCUT2D eigenvalue weighted by atomic mass is 16.5. The lowest BCUT2D eigenvalue weighted by atomic mass is 10.0. The molecule has 0 radical (unpaired) electrons. The van der Waals surface area contributed by atoms with Crippen molar-refractivity contribution in [2.75, 3.05) is 27.9 Å². The summed E-state index contributed by atoms with van der Waals surface area (Å²) in [5.41, 5.74) is 0.752. The topological polar surface area (TPSA) is 65.1 Å². The summed E-state index contributed by atoms with van der Waals surface area (Å²) in [6.45, 7) is 4.28. The number of ether oxygens (including phenoxy) is 3. The van der Waals surface area contributed by atoms with Crippen molar-refractivity contribution in [3.05, 3.63) is 24.3 Å². The molecule has 0 bridgehead atoms. The molecule has 0 unspecified atom stereocenters. The largest absolute Gasteiger partial charge is 0.493 e. The molecule has 0 N–H and O–H groups in total. The zero-order valence-corrected chi connectivity index (χ0v) is 13.7. The Labute approximate surface area is 135 Å². The lowest BCUT2D eigenvalue weighted by Crippen LogP contribution is -2.40. The molecule has 0 aliphatic carbocycles. The van der Waals surface area contributed by atoms with Crippen molar-refractivity contribution in [3.8, 4) is 17.2 Å². The van der Waals surface area contributed by atoms with E-state index in [1.807, 2.05) is 0 Å². The second-order valence-corrected chi connectivity index (χ2v) is 5.20. The summed E-state index contributed by atoms with van der Waals surface area (Å²) < 4.78 is 15.8. The number of likely N-dealkylation sites (tertiary alicyclic amines) is 1. The van der Waals surface area contributed by atoms with Crippen molar-refractivity contribution in [2.45, 2.75) is 19.3 Å². The van der Waals surface area contributed by atoms with E-state index in [9.17, 15) is 9.59 Å². The third kappa shape index (κ3) is 3.31. The van der Waals surface area contributed by atoms with Gasteiger partial charge < -0.3 is 14.2 Å². The molecule has 1 heterocycles. The summed E-state index contributed by atoms with van der Waals surface area (Å²) in [6, 6.07) is 3.30. The molecule has 1 aromatic rings. The first-order valence-corrected chi connectivity index (χ1v) is 7.37. The maximum Gasteiger partial charge on any atom is 0.260 e. The van der Waals surface area contributed by atoms with Crippen molar-refractivity contribution in [1.82, 2.24) is 4.90 Å². The molecular formula is C17H21NO5. The minimum Gasteiger partial charge on any atom is -0.493 e. The van der Waals surface area contributed by atoms with Crippen molar-refractivity contribution < 1.29 is 23.8 Å². The van der Waals surface area contributed by atoms with Crippen molar-refractivity contribution in [3.63, 3.8) is 0 Å². The number of amides is 2. The lowest BCUT2D eigenvalue weighted by Gasteiger charge is -2.26. The van der Waals surface area contributed by atoms with Gasteiger partial charge in [-0.1, -0.05) is 6.58 Å². The van der Waals surface area contributed by atoms with E-state index >= 15 is 0 Å². The Hall–Kier alpha value is -2.50. The molecule has 6 heteroatoms. The molecule has 23 heavy (non-hydrogen) atoms. The highest BCUT2D eigenvalue weighted by Gasteiger charge is 2.27. The summed E-state index contributed by atoms with van der Waals surface area (Å²) in [5, 5.41) is 0. The van der Waals surface area contributed by atoms with E-state index in [1.165, 1.54) is 26.2 Å². The standard InChI is InChI=1S/C17H21NO5/c1-11(17(20)18-8-6-5-7-15(18)19)12-9-13(21-2)16(23-4)14(10-12)22-3/h9-10H,1,5-8H2,2-4H3. The summed E-state index contributed by atoms with van der Waals surface area (Å²) in [6.07, 6.45) is 2.04. The molecule has 124 valence electrons. The van der Waals surface area contributed by atoms with Crippen LogP contribution in [0.1, 0.15) is 24.8 Å². The average Bonchev–Trinajstić information content (AvgIpc) is 2.59. The quantitative estimate of drug-likeness (QED) is 0.779. The smallest absolute Gasteiger partial charge is 0.260 e. The summed E-state index contributed by atoms with van der Waals surface area (Å²) in [4.78, 5) is 25.7. The number of piperidine rings is 1. The minimum absolute atomic E-state index is 0.158. The SMILES string of the molecule is C=C(C(=O)N1CCCCC1=O)c1cc(OC)c(OC)c(OC)c1. The van der Waals surface area contributed by atoms with Crippen LogP contribution in [0.4, 0.5) is 0 Å². The number of carbonyl (C=O) groups excluding carboxylic acids is 2. The van der Waals surface area contributed by atoms with Crippen LogP contribution in [-0.4, -0.2) is 44.6 Å². The highest BCUT2D eigenvalue weighted by molar-refractivity contribution is 6.23. The number of rotatable bonds is 5. The van der Waals surface area contributed by atoms with Gasteiger partial charge in [-0.15, -0.1) is 0 Å². The maximum atomic E-state index is 12.6. The van der Waals surface area contributed by atoms with E-state index < -0.39 is 0 Å². The van der Waals surface area contributed by atoms with Crippen LogP contribution in [0.5, 0.6) is 17.2 Å². The molecule has 0 atom stereocenters. The van der Waals surface area contributed by atoms with Gasteiger partial charge in [0.15, 0.2) is 11.5 Å². The molecular weight excluding hydrogens is 298 g/mol. The van der Waals surface area contributed by atoms with Gasteiger partial charge in [0.05, 0.1) is 21.3 Å². The Morgan fingerprint density at radius 3 is 2.17 bits per heavy atom. The van der Waals surface area contributed by atoms with Crippen molar-refractivity contribution in [1.29, 1.82) is 0 Å². The lowest BCUT2D eigenvalue weighted by molar-refractivity contribution is -0.143. The van der Waals surface area contributed by atoms with Crippen LogP contribution in [0.3, 0.4) is 0 Å². The van der Waals surface area contributed by atoms with Gasteiger partial charge in [0.1, 0.15) is 0 Å². The second kappa shape index (κ2) is 7.17. The van der Waals surface area contributed by atoms with Gasteiger partial charge in [-0.25, -0.2) is 0 Å². The van der Waals surface area contributed by atoms with Crippen LogP contribution in [0, 0.1) is 0 Å². The molecule has 1 aliphatic heterocycles. The number of hydrogen-bond acceptors (Lipinski definition) is 5. The molecule has 0 aromatic heterocycles. The van der Waals surface area contributed by atoms with E-state index in [2.05, 4.69) is 6.58 Å². The van der Waals surface area contributed by atoms with Crippen molar-refractivity contribution >= 4 is 17.4 Å². The molecule has 0 saturated carbocycles. The Bertz CT molecular complexity index is 613. The monoisotopic (exact) mass is 319 g/mol. The number of benzene rings is 1. The third-order valence-electron chi connectivity index (χ3n) is 3.84. The molecule has 1 fully saturated rings. The Morgan fingerprint density at radius 1 is 1.09 bits per heavy atom. The van der Waals surface area contributed by atoms with Gasteiger partial charge in [0, 0.05) is 18.5 Å².